The molecule has 2 aliphatic heterocycles. The molecule has 0 bridgehead atoms. The SMILES string of the molecule is CC(=O)N1CCC[C@]2(CN(Cc3ccc(C)s3)CCO2)C1. The van der Waals surface area contributed by atoms with Gasteiger partial charge in [-0.25, -0.2) is 0 Å². The summed E-state index contributed by atoms with van der Waals surface area (Å²) in [6, 6.07) is 4.42. The molecule has 2 saturated heterocycles. The van der Waals surface area contributed by atoms with Crippen LogP contribution in [0, 0.1) is 6.92 Å². The highest BCUT2D eigenvalue weighted by Crippen LogP contribution is 2.30. The number of hydrogen-bond acceptors (Lipinski definition) is 4. The molecule has 0 radical (unpaired) electrons. The molecule has 1 aromatic heterocycles. The number of nitrogens with zero attached hydrogens (tertiary/aromatic N) is 2. The van der Waals surface area contributed by atoms with Crippen molar-refractivity contribution in [3.63, 3.8) is 0 Å². The summed E-state index contributed by atoms with van der Waals surface area (Å²) in [6.45, 7) is 9.15. The normalized spacial score (nSPS) is 27.2. The van der Waals surface area contributed by atoms with Crippen LogP contribution in [-0.2, 0) is 16.1 Å². The molecule has 116 valence electrons. The Bertz CT molecular complexity index is 512. The Kier molecular flexibility index (Phi) is 4.33. The molecule has 0 unspecified atom stereocenters. The van der Waals surface area contributed by atoms with E-state index in [0.717, 1.165) is 52.2 Å². The van der Waals surface area contributed by atoms with Crippen LogP contribution in [0.4, 0.5) is 0 Å². The summed E-state index contributed by atoms with van der Waals surface area (Å²) in [6.07, 6.45) is 2.11. The van der Waals surface area contributed by atoms with E-state index in [-0.39, 0.29) is 11.5 Å². The van der Waals surface area contributed by atoms with Gasteiger partial charge in [0.25, 0.3) is 0 Å². The lowest BCUT2D eigenvalue weighted by Gasteiger charge is -2.47. The predicted molar refractivity (Wildman–Crippen MR) is 84.5 cm³/mol. The quantitative estimate of drug-likeness (QED) is 0.840. The summed E-state index contributed by atoms with van der Waals surface area (Å²) < 4.78 is 6.13. The van der Waals surface area contributed by atoms with Crippen molar-refractivity contribution in [1.82, 2.24) is 9.80 Å². The molecular weight excluding hydrogens is 284 g/mol. The second-order valence-electron chi connectivity index (χ2n) is 6.30. The Balaban J connectivity index is 1.65. The highest BCUT2D eigenvalue weighted by molar-refractivity contribution is 7.11. The fourth-order valence-electron chi connectivity index (χ4n) is 3.46. The maximum Gasteiger partial charge on any atom is 0.219 e. The Morgan fingerprint density at radius 1 is 1.38 bits per heavy atom. The fourth-order valence-corrected chi connectivity index (χ4v) is 4.40. The molecule has 0 aromatic carbocycles. The lowest BCUT2D eigenvalue weighted by atomic mass is 9.90. The van der Waals surface area contributed by atoms with Crippen LogP contribution in [0.25, 0.3) is 0 Å². The molecule has 0 aliphatic carbocycles. The van der Waals surface area contributed by atoms with Gasteiger partial charge in [0, 0.05) is 42.9 Å². The third kappa shape index (κ3) is 3.47. The molecule has 3 heterocycles. The Labute approximate surface area is 130 Å². The molecule has 21 heavy (non-hydrogen) atoms. The lowest BCUT2D eigenvalue weighted by Crippen LogP contribution is -2.60. The third-order valence-electron chi connectivity index (χ3n) is 4.49. The van der Waals surface area contributed by atoms with Gasteiger partial charge in [-0.15, -0.1) is 11.3 Å². The second-order valence-corrected chi connectivity index (χ2v) is 7.67. The Morgan fingerprint density at radius 3 is 2.95 bits per heavy atom. The maximum absolute atomic E-state index is 11.7. The van der Waals surface area contributed by atoms with Gasteiger partial charge in [-0.3, -0.25) is 9.69 Å². The lowest BCUT2D eigenvalue weighted by molar-refractivity contribution is -0.156. The average Bonchev–Trinajstić information content (AvgIpc) is 2.84. The summed E-state index contributed by atoms with van der Waals surface area (Å²) in [4.78, 5) is 18.9. The van der Waals surface area contributed by atoms with Gasteiger partial charge in [0.05, 0.1) is 18.8 Å². The van der Waals surface area contributed by atoms with E-state index in [2.05, 4.69) is 24.0 Å². The number of aryl methyl sites for hydroxylation is 1. The van der Waals surface area contributed by atoms with Gasteiger partial charge < -0.3 is 9.64 Å². The molecule has 0 N–H and O–H groups in total. The number of morpholine rings is 1. The van der Waals surface area contributed by atoms with E-state index in [1.165, 1.54) is 9.75 Å². The zero-order valence-electron chi connectivity index (χ0n) is 12.9. The van der Waals surface area contributed by atoms with E-state index in [9.17, 15) is 4.79 Å². The van der Waals surface area contributed by atoms with Gasteiger partial charge in [-0.1, -0.05) is 0 Å². The Morgan fingerprint density at radius 2 is 2.24 bits per heavy atom. The monoisotopic (exact) mass is 308 g/mol. The molecule has 1 atom stereocenters. The fraction of sp³-hybridized carbons (Fsp3) is 0.688. The third-order valence-corrected chi connectivity index (χ3v) is 5.47. The van der Waals surface area contributed by atoms with Crippen LogP contribution < -0.4 is 0 Å². The first-order valence-corrected chi connectivity index (χ1v) is 8.55. The van der Waals surface area contributed by atoms with Crippen LogP contribution in [0.1, 0.15) is 29.5 Å². The van der Waals surface area contributed by atoms with E-state index in [1.54, 1.807) is 6.92 Å². The average molecular weight is 308 g/mol. The van der Waals surface area contributed by atoms with Crippen molar-refractivity contribution in [1.29, 1.82) is 0 Å². The van der Waals surface area contributed by atoms with Crippen LogP contribution >= 0.6 is 11.3 Å². The van der Waals surface area contributed by atoms with Crippen LogP contribution in [0.15, 0.2) is 12.1 Å². The zero-order chi connectivity index (χ0) is 14.9. The minimum absolute atomic E-state index is 0.144. The number of carbonyl (C=O) groups excluding carboxylic acids is 1. The largest absolute Gasteiger partial charge is 0.370 e. The van der Waals surface area contributed by atoms with E-state index < -0.39 is 0 Å². The van der Waals surface area contributed by atoms with Crippen molar-refractivity contribution >= 4 is 17.2 Å². The number of carbonyl (C=O) groups is 1. The van der Waals surface area contributed by atoms with Gasteiger partial charge >= 0.3 is 0 Å². The molecule has 2 fully saturated rings. The number of rotatable bonds is 2. The summed E-state index contributed by atoms with van der Waals surface area (Å²) >= 11 is 1.87. The second kappa shape index (κ2) is 6.07. The summed E-state index contributed by atoms with van der Waals surface area (Å²) in [5, 5.41) is 0. The van der Waals surface area contributed by atoms with Crippen LogP contribution in [0.5, 0.6) is 0 Å². The number of amides is 1. The summed E-state index contributed by atoms with van der Waals surface area (Å²) in [5.74, 6) is 0.170. The molecule has 1 amide bonds. The Hall–Kier alpha value is -0.910. The first kappa shape index (κ1) is 15.0. The van der Waals surface area contributed by atoms with E-state index in [1.807, 2.05) is 16.2 Å². The van der Waals surface area contributed by atoms with Crippen molar-refractivity contribution in [3.05, 3.63) is 21.9 Å². The maximum atomic E-state index is 11.7. The van der Waals surface area contributed by atoms with E-state index in [0.29, 0.717) is 0 Å². The molecule has 2 aliphatic rings. The molecule has 0 saturated carbocycles. The van der Waals surface area contributed by atoms with Crippen molar-refractivity contribution in [2.45, 2.75) is 38.8 Å². The van der Waals surface area contributed by atoms with Gasteiger partial charge in [0.1, 0.15) is 0 Å². The minimum atomic E-state index is -0.144. The topological polar surface area (TPSA) is 32.8 Å². The number of likely N-dealkylation sites (tertiary alicyclic amines) is 1. The molecular formula is C16H24N2O2S. The smallest absolute Gasteiger partial charge is 0.219 e. The summed E-state index contributed by atoms with van der Waals surface area (Å²) in [7, 11) is 0. The van der Waals surface area contributed by atoms with Crippen molar-refractivity contribution in [2.75, 3.05) is 32.8 Å². The molecule has 3 rings (SSSR count). The van der Waals surface area contributed by atoms with Gasteiger partial charge in [-0.2, -0.15) is 0 Å². The van der Waals surface area contributed by atoms with Crippen molar-refractivity contribution in [2.24, 2.45) is 0 Å². The summed E-state index contributed by atoms with van der Waals surface area (Å²) in [5.41, 5.74) is -0.144. The highest BCUT2D eigenvalue weighted by Gasteiger charge is 2.41. The molecule has 1 aromatic rings. The van der Waals surface area contributed by atoms with E-state index >= 15 is 0 Å². The van der Waals surface area contributed by atoms with Crippen LogP contribution in [0.2, 0.25) is 0 Å². The van der Waals surface area contributed by atoms with Gasteiger partial charge in [-0.05, 0) is 31.9 Å². The van der Waals surface area contributed by atoms with Crippen molar-refractivity contribution < 1.29 is 9.53 Å². The van der Waals surface area contributed by atoms with E-state index in [4.69, 9.17) is 4.74 Å². The number of piperidine rings is 1. The van der Waals surface area contributed by atoms with Crippen LogP contribution in [-0.4, -0.2) is 54.1 Å². The minimum Gasteiger partial charge on any atom is -0.370 e. The van der Waals surface area contributed by atoms with Crippen LogP contribution in [0.3, 0.4) is 0 Å². The first-order valence-electron chi connectivity index (χ1n) is 7.73. The molecule has 5 heteroatoms. The first-order chi connectivity index (χ1) is 10.1. The van der Waals surface area contributed by atoms with Gasteiger partial charge in [0.2, 0.25) is 5.91 Å². The molecule has 4 nitrogen and oxygen atoms in total. The highest BCUT2D eigenvalue weighted by atomic mass is 32.1. The molecule has 1 spiro atoms. The van der Waals surface area contributed by atoms with Gasteiger partial charge in [0.15, 0.2) is 0 Å². The number of ether oxygens (including phenoxy) is 1. The predicted octanol–water partition coefficient (Wildman–Crippen LogP) is 2.27. The number of thiophene rings is 1. The van der Waals surface area contributed by atoms with Crippen molar-refractivity contribution in [3.8, 4) is 0 Å². The number of hydrogen-bond donors (Lipinski definition) is 0. The standard InChI is InChI=1S/C16H24N2O2S/c1-13-4-5-15(21-13)10-17-8-9-20-16(11-17)6-3-7-18(12-16)14(2)19/h4-5H,3,6-12H2,1-2H3/t16-/m0/s1. The zero-order valence-corrected chi connectivity index (χ0v) is 13.7.